The van der Waals surface area contributed by atoms with Crippen LogP contribution in [0.25, 0.3) is 10.9 Å². The third-order valence-electron chi connectivity index (χ3n) is 6.21. The Morgan fingerprint density at radius 3 is 2.66 bits per heavy atom. The van der Waals surface area contributed by atoms with Gasteiger partial charge in [0.15, 0.2) is 0 Å². The SMILES string of the molecule is O=C(c1cc([N+](=O)[O-])cc2c(O)nc(Nc3ccc(Cl)c(Cl)c3)nc12)N1CCCC1COc1ccccc1. The number of nitro benzene ring substituents is 1. The average Bonchev–Trinajstić information content (AvgIpc) is 3.38. The number of rotatable bonds is 7. The van der Waals surface area contributed by atoms with Crippen LogP contribution in [-0.4, -0.2) is 50.0 Å². The first-order valence-electron chi connectivity index (χ1n) is 11.7. The third-order valence-corrected chi connectivity index (χ3v) is 6.94. The molecule has 38 heavy (non-hydrogen) atoms. The van der Waals surface area contributed by atoms with Gasteiger partial charge >= 0.3 is 0 Å². The predicted molar refractivity (Wildman–Crippen MR) is 144 cm³/mol. The van der Waals surface area contributed by atoms with Crippen LogP contribution >= 0.6 is 23.2 Å². The van der Waals surface area contributed by atoms with Crippen molar-refractivity contribution in [3.63, 3.8) is 0 Å². The number of ether oxygens (including phenoxy) is 1. The van der Waals surface area contributed by atoms with Gasteiger partial charge in [-0.15, -0.1) is 0 Å². The van der Waals surface area contributed by atoms with Gasteiger partial charge in [-0.1, -0.05) is 41.4 Å². The van der Waals surface area contributed by atoms with E-state index in [2.05, 4.69) is 15.3 Å². The zero-order valence-corrected chi connectivity index (χ0v) is 21.3. The molecule has 12 heteroatoms. The minimum Gasteiger partial charge on any atom is -0.493 e. The lowest BCUT2D eigenvalue weighted by Crippen LogP contribution is -2.39. The average molecular weight is 554 g/mol. The van der Waals surface area contributed by atoms with Crippen molar-refractivity contribution in [2.75, 3.05) is 18.5 Å². The topological polar surface area (TPSA) is 131 Å². The maximum Gasteiger partial charge on any atom is 0.271 e. The number of nitro groups is 1. The molecular weight excluding hydrogens is 533 g/mol. The van der Waals surface area contributed by atoms with Gasteiger partial charge in [0.25, 0.3) is 11.6 Å². The van der Waals surface area contributed by atoms with Crippen LogP contribution in [-0.2, 0) is 0 Å². The summed E-state index contributed by atoms with van der Waals surface area (Å²) in [6, 6.07) is 16.1. The fourth-order valence-electron chi connectivity index (χ4n) is 4.37. The summed E-state index contributed by atoms with van der Waals surface area (Å²) in [7, 11) is 0. The molecule has 4 aromatic rings. The zero-order valence-electron chi connectivity index (χ0n) is 19.8. The van der Waals surface area contributed by atoms with E-state index in [4.69, 9.17) is 27.9 Å². The number of hydrogen-bond acceptors (Lipinski definition) is 8. The van der Waals surface area contributed by atoms with Gasteiger partial charge in [-0.3, -0.25) is 14.9 Å². The van der Waals surface area contributed by atoms with E-state index in [-0.39, 0.29) is 40.8 Å². The molecule has 2 N–H and O–H groups in total. The minimum atomic E-state index is -0.627. The Morgan fingerprint density at radius 1 is 1.13 bits per heavy atom. The number of non-ortho nitro benzene ring substituents is 1. The maximum absolute atomic E-state index is 13.8. The Hall–Kier alpha value is -4.15. The molecule has 1 unspecified atom stereocenters. The number of nitrogens with zero attached hydrogens (tertiary/aromatic N) is 4. The number of aromatic hydroxyl groups is 1. The number of carbonyl (C=O) groups is 1. The molecule has 1 saturated heterocycles. The first kappa shape index (κ1) is 25.5. The molecule has 1 fully saturated rings. The van der Waals surface area contributed by atoms with Crippen molar-refractivity contribution in [1.82, 2.24) is 14.9 Å². The maximum atomic E-state index is 13.8. The summed E-state index contributed by atoms with van der Waals surface area (Å²) in [4.78, 5) is 34.9. The number of fused-ring (bicyclic) bond motifs is 1. The molecule has 10 nitrogen and oxygen atoms in total. The number of nitrogens with one attached hydrogen (secondary N) is 1. The van der Waals surface area contributed by atoms with Gasteiger partial charge in [0.05, 0.1) is 37.5 Å². The molecule has 194 valence electrons. The molecule has 1 aliphatic heterocycles. The first-order valence-corrected chi connectivity index (χ1v) is 12.5. The second kappa shape index (κ2) is 10.7. The minimum absolute atomic E-state index is 0.0153. The van der Waals surface area contributed by atoms with Crippen molar-refractivity contribution < 1.29 is 19.6 Å². The number of halogens is 2. The molecule has 0 saturated carbocycles. The number of hydrogen-bond donors (Lipinski definition) is 2. The van der Waals surface area contributed by atoms with Crippen molar-refractivity contribution in [3.05, 3.63) is 86.4 Å². The third kappa shape index (κ3) is 5.27. The van der Waals surface area contributed by atoms with Gasteiger partial charge in [0, 0.05) is 24.4 Å². The van der Waals surface area contributed by atoms with E-state index in [0.717, 1.165) is 18.9 Å². The van der Waals surface area contributed by atoms with Crippen LogP contribution in [0, 0.1) is 10.1 Å². The van der Waals surface area contributed by atoms with Gasteiger partial charge in [-0.2, -0.15) is 4.98 Å². The van der Waals surface area contributed by atoms with E-state index in [1.807, 2.05) is 30.3 Å². The van der Waals surface area contributed by atoms with Crippen LogP contribution in [0.5, 0.6) is 11.6 Å². The van der Waals surface area contributed by atoms with Gasteiger partial charge in [-0.25, -0.2) is 4.98 Å². The number of aromatic nitrogens is 2. The van der Waals surface area contributed by atoms with Crippen molar-refractivity contribution in [3.8, 4) is 11.6 Å². The van der Waals surface area contributed by atoms with Gasteiger partial charge in [-0.05, 0) is 43.2 Å². The Morgan fingerprint density at radius 2 is 1.92 bits per heavy atom. The van der Waals surface area contributed by atoms with E-state index in [9.17, 15) is 20.0 Å². The molecule has 1 amide bonds. The number of benzene rings is 3. The fourth-order valence-corrected chi connectivity index (χ4v) is 4.67. The number of anilines is 2. The number of amides is 1. The summed E-state index contributed by atoms with van der Waals surface area (Å²) in [5.41, 5.74) is 0.188. The van der Waals surface area contributed by atoms with Crippen molar-refractivity contribution in [1.29, 1.82) is 0 Å². The fraction of sp³-hybridized carbons (Fsp3) is 0.192. The summed E-state index contributed by atoms with van der Waals surface area (Å²) >= 11 is 12.1. The second-order valence-corrected chi connectivity index (χ2v) is 9.50. The van der Waals surface area contributed by atoms with Crippen molar-refractivity contribution in [2.45, 2.75) is 18.9 Å². The first-order chi connectivity index (χ1) is 18.3. The van der Waals surface area contributed by atoms with Gasteiger partial charge in [0.1, 0.15) is 12.4 Å². The highest BCUT2D eigenvalue weighted by Gasteiger charge is 2.33. The predicted octanol–water partition coefficient (Wildman–Crippen LogP) is 5.98. The quantitative estimate of drug-likeness (QED) is 0.211. The molecule has 0 aliphatic carbocycles. The smallest absolute Gasteiger partial charge is 0.271 e. The lowest BCUT2D eigenvalue weighted by atomic mass is 10.1. The number of carbonyl (C=O) groups excluding carboxylic acids is 1. The van der Waals surface area contributed by atoms with Crippen molar-refractivity contribution >= 4 is 57.3 Å². The Labute approximate surface area is 226 Å². The molecule has 0 spiro atoms. The van der Waals surface area contributed by atoms with Crippen molar-refractivity contribution in [2.24, 2.45) is 0 Å². The highest BCUT2D eigenvalue weighted by atomic mass is 35.5. The molecule has 0 bridgehead atoms. The van der Waals surface area contributed by atoms with E-state index < -0.39 is 16.7 Å². The monoisotopic (exact) mass is 553 g/mol. The standard InChI is InChI=1S/C26H21Cl2N5O5/c27-21-9-8-15(11-22(21)28)29-26-30-23-19(24(34)31-26)12-17(33(36)37)13-20(23)25(35)32-10-4-5-16(32)14-38-18-6-2-1-3-7-18/h1-3,6-9,11-13,16H,4-5,10,14H2,(H2,29,30,31,34). The lowest BCUT2D eigenvalue weighted by molar-refractivity contribution is -0.384. The van der Waals surface area contributed by atoms with E-state index in [1.54, 1.807) is 23.1 Å². The molecule has 3 aromatic carbocycles. The van der Waals surface area contributed by atoms with Crippen LogP contribution in [0.2, 0.25) is 10.0 Å². The van der Waals surface area contributed by atoms with Crippen LogP contribution in [0.15, 0.2) is 60.7 Å². The van der Waals surface area contributed by atoms with Gasteiger partial charge < -0.3 is 20.1 Å². The molecule has 1 atom stereocenters. The van der Waals surface area contributed by atoms with E-state index in [0.29, 0.717) is 28.0 Å². The van der Waals surface area contributed by atoms with E-state index >= 15 is 0 Å². The molecule has 0 radical (unpaired) electrons. The molecule has 5 rings (SSSR count). The summed E-state index contributed by atoms with van der Waals surface area (Å²) in [6.45, 7) is 0.726. The van der Waals surface area contributed by atoms with Crippen LogP contribution in [0.1, 0.15) is 23.2 Å². The second-order valence-electron chi connectivity index (χ2n) is 8.69. The Bertz CT molecular complexity index is 1540. The van der Waals surface area contributed by atoms with Crippen LogP contribution in [0.3, 0.4) is 0 Å². The van der Waals surface area contributed by atoms with E-state index in [1.165, 1.54) is 6.07 Å². The highest BCUT2D eigenvalue weighted by Crippen LogP contribution is 2.34. The zero-order chi connectivity index (χ0) is 26.8. The Kier molecular flexibility index (Phi) is 7.17. The Balaban J connectivity index is 1.51. The van der Waals surface area contributed by atoms with Crippen LogP contribution < -0.4 is 10.1 Å². The van der Waals surface area contributed by atoms with Gasteiger partial charge in [0.2, 0.25) is 11.8 Å². The summed E-state index contributed by atoms with van der Waals surface area (Å²) in [5, 5.41) is 25.9. The van der Waals surface area contributed by atoms with Crippen LogP contribution in [0.4, 0.5) is 17.3 Å². The number of para-hydroxylation sites is 1. The largest absolute Gasteiger partial charge is 0.493 e. The summed E-state index contributed by atoms with van der Waals surface area (Å²) in [5.74, 6) is -0.304. The lowest BCUT2D eigenvalue weighted by Gasteiger charge is -2.25. The summed E-state index contributed by atoms with van der Waals surface area (Å²) in [6.07, 6.45) is 1.47. The molecule has 1 aliphatic rings. The number of likely N-dealkylation sites (tertiary alicyclic amines) is 1. The normalized spacial score (nSPS) is 15.0. The molecular formula is C26H21Cl2N5O5. The molecule has 1 aromatic heterocycles. The molecule has 2 heterocycles. The summed E-state index contributed by atoms with van der Waals surface area (Å²) < 4.78 is 5.88. The highest BCUT2D eigenvalue weighted by molar-refractivity contribution is 6.42.